The van der Waals surface area contributed by atoms with Crippen molar-refractivity contribution >= 4 is 45.1 Å². The molecule has 0 aliphatic heterocycles. The summed E-state index contributed by atoms with van der Waals surface area (Å²) in [7, 11) is 0. The smallest absolute Gasteiger partial charge is 0.161 e. The Kier molecular flexibility index (Phi) is 4.08. The second kappa shape index (κ2) is 5.85. The Balaban J connectivity index is 2.32. The monoisotopic (exact) mass is 409 g/mol. The first-order chi connectivity index (χ1) is 10.1. The zero-order valence-corrected chi connectivity index (χ0v) is 14.6. The number of aryl methyl sites for hydroxylation is 2. The van der Waals surface area contributed by atoms with Crippen LogP contribution in [-0.4, -0.2) is 15.0 Å². The molecule has 2 heterocycles. The fourth-order valence-corrected chi connectivity index (χ4v) is 3.12. The van der Waals surface area contributed by atoms with Gasteiger partial charge in [0.05, 0.1) is 14.8 Å². The Hall–Kier alpha value is -1.27. The molecule has 3 rings (SSSR count). The van der Waals surface area contributed by atoms with Gasteiger partial charge < -0.3 is 0 Å². The maximum absolute atomic E-state index is 6.26. The lowest BCUT2D eigenvalue weighted by Crippen LogP contribution is -2.00. The highest BCUT2D eigenvalue weighted by molar-refractivity contribution is 14.1. The van der Waals surface area contributed by atoms with Crippen LogP contribution in [0.2, 0.25) is 5.15 Å². The molecule has 3 nitrogen and oxygen atoms in total. The third kappa shape index (κ3) is 2.74. The Morgan fingerprint density at radius 2 is 1.90 bits per heavy atom. The van der Waals surface area contributed by atoms with Crippen molar-refractivity contribution in [1.82, 2.24) is 15.0 Å². The maximum Gasteiger partial charge on any atom is 0.161 e. The molecule has 21 heavy (non-hydrogen) atoms. The summed E-state index contributed by atoms with van der Waals surface area (Å²) in [5, 5.41) is 1.55. The van der Waals surface area contributed by atoms with E-state index in [0.717, 1.165) is 37.8 Å². The maximum atomic E-state index is 6.26. The summed E-state index contributed by atoms with van der Waals surface area (Å²) in [6.45, 7) is 4.05. The molecule has 5 heteroatoms. The lowest BCUT2D eigenvalue weighted by Gasteiger charge is -2.10. The second-order valence-electron chi connectivity index (χ2n) is 4.78. The van der Waals surface area contributed by atoms with Crippen LogP contribution >= 0.6 is 34.2 Å². The lowest BCUT2D eigenvalue weighted by molar-refractivity contribution is 0.989. The largest absolute Gasteiger partial charge is 0.253 e. The average Bonchev–Trinajstić information content (AvgIpc) is 2.49. The number of hydrogen-bond donors (Lipinski definition) is 0. The zero-order chi connectivity index (χ0) is 15.0. The quantitative estimate of drug-likeness (QED) is 0.450. The van der Waals surface area contributed by atoms with Crippen molar-refractivity contribution < 1.29 is 0 Å². The van der Waals surface area contributed by atoms with Crippen LogP contribution in [0.5, 0.6) is 0 Å². The Bertz CT molecular complexity index is 833. The van der Waals surface area contributed by atoms with Crippen LogP contribution in [0.1, 0.15) is 18.3 Å². The first-order valence-corrected chi connectivity index (χ1v) is 8.14. The molecule has 106 valence electrons. The van der Waals surface area contributed by atoms with Crippen molar-refractivity contribution in [3.63, 3.8) is 0 Å². The highest BCUT2D eigenvalue weighted by atomic mass is 127. The highest BCUT2D eigenvalue weighted by Crippen LogP contribution is 2.29. The minimum atomic E-state index is 0.510. The Morgan fingerprint density at radius 1 is 1.14 bits per heavy atom. The number of aromatic nitrogens is 3. The van der Waals surface area contributed by atoms with Crippen LogP contribution in [0.15, 0.2) is 30.3 Å². The second-order valence-corrected chi connectivity index (χ2v) is 6.22. The first-order valence-electron chi connectivity index (χ1n) is 6.68. The van der Waals surface area contributed by atoms with Crippen molar-refractivity contribution in [3.8, 4) is 11.4 Å². The first kappa shape index (κ1) is 14.7. The van der Waals surface area contributed by atoms with E-state index in [1.807, 2.05) is 37.3 Å². The van der Waals surface area contributed by atoms with Crippen molar-refractivity contribution in [2.75, 3.05) is 0 Å². The van der Waals surface area contributed by atoms with E-state index in [9.17, 15) is 0 Å². The molecule has 0 radical (unpaired) electrons. The van der Waals surface area contributed by atoms with Gasteiger partial charge in [0.15, 0.2) is 5.82 Å². The molecule has 3 aromatic rings. The van der Waals surface area contributed by atoms with E-state index in [-0.39, 0.29) is 0 Å². The van der Waals surface area contributed by atoms with E-state index in [2.05, 4.69) is 44.5 Å². The molecule has 0 aliphatic carbocycles. The Labute approximate surface area is 141 Å². The number of rotatable bonds is 2. The molecule has 0 fully saturated rings. The fourth-order valence-electron chi connectivity index (χ4n) is 2.31. The molecular formula is C16H13ClIN3. The van der Waals surface area contributed by atoms with E-state index in [1.165, 1.54) is 0 Å². The average molecular weight is 410 g/mol. The van der Waals surface area contributed by atoms with Crippen LogP contribution < -0.4 is 0 Å². The van der Waals surface area contributed by atoms with Gasteiger partial charge in [0.1, 0.15) is 5.15 Å². The molecule has 0 amide bonds. The van der Waals surface area contributed by atoms with Crippen LogP contribution in [0.25, 0.3) is 22.3 Å². The summed E-state index contributed by atoms with van der Waals surface area (Å²) in [5.41, 5.74) is 3.85. The molecule has 0 spiro atoms. The fraction of sp³-hybridized carbons (Fsp3) is 0.188. The molecule has 0 saturated carbocycles. The predicted molar refractivity (Wildman–Crippen MR) is 94.6 cm³/mol. The number of benzene rings is 1. The molecule has 0 bridgehead atoms. The summed E-state index contributed by atoms with van der Waals surface area (Å²) in [5.74, 6) is 0.666. The van der Waals surface area contributed by atoms with Gasteiger partial charge in [-0.25, -0.2) is 9.97 Å². The number of fused-ring (bicyclic) bond motifs is 1. The van der Waals surface area contributed by atoms with Gasteiger partial charge in [0.2, 0.25) is 0 Å². The van der Waals surface area contributed by atoms with Crippen molar-refractivity contribution in [1.29, 1.82) is 0 Å². The summed E-state index contributed by atoms with van der Waals surface area (Å²) >= 11 is 8.46. The SMILES string of the molecule is CCc1nc(-c2cc(C)nc3ccccc23)nc(Cl)c1I. The third-order valence-corrected chi connectivity index (χ3v) is 5.03. The summed E-state index contributed by atoms with van der Waals surface area (Å²) in [6.07, 6.45) is 0.829. The van der Waals surface area contributed by atoms with Gasteiger partial charge in [-0.05, 0) is 48.1 Å². The Morgan fingerprint density at radius 3 is 2.67 bits per heavy atom. The number of pyridine rings is 1. The van der Waals surface area contributed by atoms with Gasteiger partial charge in [-0.3, -0.25) is 4.98 Å². The topological polar surface area (TPSA) is 38.7 Å². The van der Waals surface area contributed by atoms with Gasteiger partial charge >= 0.3 is 0 Å². The minimum Gasteiger partial charge on any atom is -0.253 e. The van der Waals surface area contributed by atoms with E-state index >= 15 is 0 Å². The van der Waals surface area contributed by atoms with Crippen molar-refractivity contribution in [2.24, 2.45) is 0 Å². The van der Waals surface area contributed by atoms with Gasteiger partial charge in [0.25, 0.3) is 0 Å². The number of halogens is 2. The van der Waals surface area contributed by atoms with Crippen LogP contribution in [0, 0.1) is 10.5 Å². The minimum absolute atomic E-state index is 0.510. The molecule has 0 saturated heterocycles. The summed E-state index contributed by atoms with van der Waals surface area (Å²) in [4.78, 5) is 13.7. The lowest BCUT2D eigenvalue weighted by atomic mass is 10.1. The number of hydrogen-bond acceptors (Lipinski definition) is 3. The van der Waals surface area contributed by atoms with Crippen LogP contribution in [-0.2, 0) is 6.42 Å². The number of para-hydroxylation sites is 1. The van der Waals surface area contributed by atoms with Crippen LogP contribution in [0.3, 0.4) is 0 Å². The standard InChI is InChI=1S/C16H13ClIN3/c1-3-12-14(18)15(17)21-16(20-12)11-8-9(2)19-13-7-5-4-6-10(11)13/h4-8H,3H2,1-2H3. The molecule has 0 unspecified atom stereocenters. The van der Waals surface area contributed by atoms with Crippen molar-refractivity contribution in [2.45, 2.75) is 20.3 Å². The van der Waals surface area contributed by atoms with E-state index < -0.39 is 0 Å². The van der Waals surface area contributed by atoms with Gasteiger partial charge in [-0.2, -0.15) is 0 Å². The number of nitrogens with zero attached hydrogens (tertiary/aromatic N) is 3. The van der Waals surface area contributed by atoms with Gasteiger partial charge in [-0.15, -0.1) is 0 Å². The van der Waals surface area contributed by atoms with Gasteiger partial charge in [-0.1, -0.05) is 36.7 Å². The summed E-state index contributed by atoms with van der Waals surface area (Å²) < 4.78 is 0.926. The van der Waals surface area contributed by atoms with Crippen LogP contribution in [0.4, 0.5) is 0 Å². The highest BCUT2D eigenvalue weighted by Gasteiger charge is 2.14. The normalized spacial score (nSPS) is 11.0. The summed E-state index contributed by atoms with van der Waals surface area (Å²) in [6, 6.07) is 10.0. The van der Waals surface area contributed by atoms with Crippen molar-refractivity contribution in [3.05, 3.63) is 50.4 Å². The molecule has 0 atom stereocenters. The molecule has 0 N–H and O–H groups in total. The van der Waals surface area contributed by atoms with Gasteiger partial charge in [0, 0.05) is 16.6 Å². The third-order valence-electron chi connectivity index (χ3n) is 3.30. The van der Waals surface area contributed by atoms with E-state index in [1.54, 1.807) is 0 Å². The van der Waals surface area contributed by atoms with E-state index in [0.29, 0.717) is 11.0 Å². The molecule has 0 aliphatic rings. The zero-order valence-electron chi connectivity index (χ0n) is 11.7. The molecule has 2 aromatic heterocycles. The molecule has 1 aromatic carbocycles. The predicted octanol–water partition coefficient (Wildman–Crippen LogP) is 4.82. The van der Waals surface area contributed by atoms with E-state index in [4.69, 9.17) is 11.6 Å². The molecular weight excluding hydrogens is 397 g/mol.